The number of alkyl halides is 3. The third-order valence-corrected chi connectivity index (χ3v) is 4.72. The number of hydrogen-bond donors (Lipinski definition) is 1. The zero-order valence-corrected chi connectivity index (χ0v) is 17.2. The van der Waals surface area contributed by atoms with Gasteiger partial charge in [-0.2, -0.15) is 0 Å². The molecule has 1 unspecified atom stereocenters. The number of halogens is 3. The molecule has 0 saturated carbocycles. The molecule has 9 heteroatoms. The van der Waals surface area contributed by atoms with Crippen molar-refractivity contribution in [1.29, 1.82) is 0 Å². The number of amidine groups is 1. The molecule has 1 heterocycles. The number of amides is 1. The Bertz CT molecular complexity index is 629. The number of rotatable bonds is 4. The van der Waals surface area contributed by atoms with Crippen LogP contribution in [-0.2, 0) is 9.53 Å². The Morgan fingerprint density at radius 3 is 2.52 bits per heavy atom. The molecule has 5 nitrogen and oxygen atoms in total. The van der Waals surface area contributed by atoms with Crippen molar-refractivity contribution in [3.8, 4) is 0 Å². The van der Waals surface area contributed by atoms with Gasteiger partial charge in [0.2, 0.25) is 0 Å². The molecule has 2 rings (SSSR count). The van der Waals surface area contributed by atoms with Gasteiger partial charge < -0.3 is 0 Å². The Kier molecular flexibility index (Phi) is 8.07. The van der Waals surface area contributed by atoms with E-state index in [9.17, 15) is 4.79 Å². The fourth-order valence-electron chi connectivity index (χ4n) is 2.05. The number of hydrogen-bond acceptors (Lipinski definition) is 3. The van der Waals surface area contributed by atoms with Crippen molar-refractivity contribution >= 4 is 67.5 Å². The van der Waals surface area contributed by atoms with Crippen molar-refractivity contribution in [2.45, 2.75) is 9.96 Å². The van der Waals surface area contributed by atoms with Gasteiger partial charge in [0.25, 0.3) is 0 Å². The molecule has 1 radical (unpaired) electrons. The molecule has 1 atom stereocenters. The maximum absolute atomic E-state index is 12.1. The van der Waals surface area contributed by atoms with Gasteiger partial charge in [-0.15, -0.1) is 0 Å². The molecule has 0 aliphatic carbocycles. The summed E-state index contributed by atoms with van der Waals surface area (Å²) in [6.07, 6.45) is 2.03. The van der Waals surface area contributed by atoms with Crippen LogP contribution in [0.2, 0.25) is 0 Å². The van der Waals surface area contributed by atoms with Gasteiger partial charge in [-0.05, 0) is 0 Å². The van der Waals surface area contributed by atoms with E-state index < -0.39 is 15.9 Å². The summed E-state index contributed by atoms with van der Waals surface area (Å²) in [4.78, 5) is 18.5. The van der Waals surface area contributed by atoms with Gasteiger partial charge >= 0.3 is 171 Å². The number of carbonyl (C=O) groups is 1. The van der Waals surface area contributed by atoms with Crippen molar-refractivity contribution in [1.82, 2.24) is 10.2 Å². The van der Waals surface area contributed by atoms with Gasteiger partial charge in [-0.3, -0.25) is 0 Å². The monoisotopic (exact) mass is 468 g/mol. The van der Waals surface area contributed by atoms with Crippen LogP contribution in [-0.4, -0.2) is 67.8 Å². The first-order chi connectivity index (χ1) is 11.9. The second-order valence-electron chi connectivity index (χ2n) is 5.21. The molecule has 0 bridgehead atoms. The predicted molar refractivity (Wildman–Crippen MR) is 103 cm³/mol. The molecule has 1 aliphatic heterocycles. The van der Waals surface area contributed by atoms with Gasteiger partial charge in [0, 0.05) is 0 Å². The van der Waals surface area contributed by atoms with Gasteiger partial charge in [0.1, 0.15) is 0 Å². The van der Waals surface area contributed by atoms with Crippen LogP contribution in [0.25, 0.3) is 6.08 Å². The molecule has 135 valence electrons. The zero-order valence-electron chi connectivity index (χ0n) is 13.2. The first-order valence-electron chi connectivity index (χ1n) is 7.54. The van der Waals surface area contributed by atoms with Crippen LogP contribution in [0, 0.1) is 0 Å². The van der Waals surface area contributed by atoms with Crippen molar-refractivity contribution in [3.05, 3.63) is 42.0 Å². The summed E-state index contributed by atoms with van der Waals surface area (Å²) in [6.45, 7) is 2.57. The molecule has 1 fully saturated rings. The van der Waals surface area contributed by atoms with Crippen molar-refractivity contribution in [2.24, 2.45) is 4.99 Å². The molecule has 1 saturated heterocycles. The summed E-state index contributed by atoms with van der Waals surface area (Å²) in [5, 5.41) is 2.61. The molecule has 1 aromatic rings. The van der Waals surface area contributed by atoms with Crippen molar-refractivity contribution in [2.75, 3.05) is 26.3 Å². The average molecular weight is 469 g/mol. The first-order valence-corrected chi connectivity index (χ1v) is 9.53. The second kappa shape index (κ2) is 9.81. The van der Waals surface area contributed by atoms with Gasteiger partial charge in [-0.1, -0.05) is 0 Å². The second-order valence-corrected chi connectivity index (χ2v) is 8.34. The molecule has 1 aliphatic rings. The molecule has 0 spiro atoms. The minimum atomic E-state index is -1.78. The van der Waals surface area contributed by atoms with E-state index in [1.165, 1.54) is 6.08 Å². The number of aliphatic imine (C=N–C) groups is 1. The summed E-state index contributed by atoms with van der Waals surface area (Å²) < 4.78 is 4.07. The quantitative estimate of drug-likeness (QED) is 0.243. The summed E-state index contributed by atoms with van der Waals surface area (Å²) in [7, 11) is 0. The van der Waals surface area contributed by atoms with Crippen LogP contribution in [0.15, 0.2) is 41.4 Å². The molecule has 1 amide bonds. The minimum absolute atomic E-state index is 0.404. The first kappa shape index (κ1) is 20.6. The maximum atomic E-state index is 12.1. The molecular formula is C16H17Cl3N3O2Se. The van der Waals surface area contributed by atoms with E-state index >= 15 is 0 Å². The van der Waals surface area contributed by atoms with Crippen molar-refractivity contribution in [3.63, 3.8) is 0 Å². The normalized spacial score (nSPS) is 17.6. The fourth-order valence-corrected chi connectivity index (χ4v) is 2.97. The van der Waals surface area contributed by atoms with Crippen LogP contribution in [0.1, 0.15) is 5.56 Å². The summed E-state index contributed by atoms with van der Waals surface area (Å²) >= 11 is 20.8. The van der Waals surface area contributed by atoms with Crippen LogP contribution >= 0.6 is 34.8 Å². The Hall–Kier alpha value is -0.751. The Morgan fingerprint density at radius 1 is 1.28 bits per heavy atom. The summed E-state index contributed by atoms with van der Waals surface area (Å²) in [5.41, 5.74) is 0.893. The number of carbonyl (C=O) groups excluding carboxylic acids is 1. The molecule has 25 heavy (non-hydrogen) atoms. The zero-order chi connectivity index (χ0) is 18.3. The molecular weight excluding hydrogens is 452 g/mol. The van der Waals surface area contributed by atoms with E-state index in [-0.39, 0.29) is 0 Å². The molecule has 1 N–H and O–H groups in total. The molecule has 0 aromatic heterocycles. The standard InChI is InChI=1S/C16H17Cl3N3O2Se/c17-16(18,19)14(21-15(25)22-8-10-24-11-9-22)20-13(23)7-6-12-4-2-1-3-5-12/h1-7,14H,8-11H2,(H,20,23). The van der Waals surface area contributed by atoms with E-state index in [0.29, 0.717) is 31.0 Å². The predicted octanol–water partition coefficient (Wildman–Crippen LogP) is 2.37. The van der Waals surface area contributed by atoms with Crippen LogP contribution < -0.4 is 5.32 Å². The van der Waals surface area contributed by atoms with E-state index in [2.05, 4.69) is 26.3 Å². The van der Waals surface area contributed by atoms with E-state index in [0.717, 1.165) is 5.56 Å². The van der Waals surface area contributed by atoms with Gasteiger partial charge in [0.15, 0.2) is 0 Å². The van der Waals surface area contributed by atoms with Crippen molar-refractivity contribution < 1.29 is 9.53 Å². The average Bonchev–Trinajstić information content (AvgIpc) is 2.60. The van der Waals surface area contributed by atoms with E-state index in [4.69, 9.17) is 39.5 Å². The Morgan fingerprint density at radius 2 is 1.92 bits per heavy atom. The number of nitrogens with zero attached hydrogens (tertiary/aromatic N) is 2. The number of benzene rings is 1. The SMILES string of the molecule is O=C(C=Cc1ccccc1)NC(N=C([Se])N1CCOCC1)C(Cl)(Cl)Cl. The Labute approximate surface area is 170 Å². The van der Waals surface area contributed by atoms with E-state index in [1.807, 2.05) is 35.2 Å². The van der Waals surface area contributed by atoms with Gasteiger partial charge in [0.05, 0.1) is 0 Å². The third-order valence-electron chi connectivity index (χ3n) is 3.34. The topological polar surface area (TPSA) is 53.9 Å². The number of nitrogens with one attached hydrogen (secondary N) is 1. The van der Waals surface area contributed by atoms with Crippen LogP contribution in [0.5, 0.6) is 0 Å². The fraction of sp³-hybridized carbons (Fsp3) is 0.375. The third kappa shape index (κ3) is 7.18. The summed E-state index contributed by atoms with van der Waals surface area (Å²) in [6, 6.07) is 9.43. The number of ether oxygens (including phenoxy) is 1. The number of morpholine rings is 1. The Balaban J connectivity index is 2.04. The van der Waals surface area contributed by atoms with Gasteiger partial charge in [-0.25, -0.2) is 0 Å². The summed E-state index contributed by atoms with van der Waals surface area (Å²) in [5.74, 6) is -0.404. The van der Waals surface area contributed by atoms with Crippen LogP contribution in [0.4, 0.5) is 0 Å². The van der Waals surface area contributed by atoms with E-state index in [1.54, 1.807) is 6.08 Å². The van der Waals surface area contributed by atoms with Crippen LogP contribution in [0.3, 0.4) is 0 Å². The molecule has 1 aromatic carbocycles.